The minimum absolute atomic E-state index is 0.174. The van der Waals surface area contributed by atoms with Gasteiger partial charge in [-0.3, -0.25) is 4.79 Å². The molecular formula is C13H14FN5O. The molecule has 1 saturated carbocycles. The summed E-state index contributed by atoms with van der Waals surface area (Å²) < 4.78 is 14.8. The second-order valence-electron chi connectivity index (χ2n) is 4.87. The van der Waals surface area contributed by atoms with Crippen molar-refractivity contribution < 1.29 is 9.18 Å². The van der Waals surface area contributed by atoms with Gasteiger partial charge in [-0.05, 0) is 41.5 Å². The van der Waals surface area contributed by atoms with Crippen LogP contribution in [0.25, 0.3) is 5.69 Å². The summed E-state index contributed by atoms with van der Waals surface area (Å²) in [4.78, 5) is 12.3. The molecule has 0 saturated heterocycles. The van der Waals surface area contributed by atoms with E-state index in [4.69, 9.17) is 0 Å². The van der Waals surface area contributed by atoms with Crippen molar-refractivity contribution >= 4 is 5.91 Å². The van der Waals surface area contributed by atoms with Crippen molar-refractivity contribution in [1.82, 2.24) is 25.5 Å². The number of nitrogens with zero attached hydrogens (tertiary/aromatic N) is 4. The van der Waals surface area contributed by atoms with Crippen LogP contribution < -0.4 is 5.32 Å². The van der Waals surface area contributed by atoms with Gasteiger partial charge in [-0.25, -0.2) is 4.39 Å². The summed E-state index contributed by atoms with van der Waals surface area (Å²) in [7, 11) is 0. The van der Waals surface area contributed by atoms with Gasteiger partial charge in [0.2, 0.25) is 0 Å². The monoisotopic (exact) mass is 275 g/mol. The number of benzene rings is 1. The van der Waals surface area contributed by atoms with Crippen LogP contribution in [0.15, 0.2) is 24.5 Å². The Bertz CT molecular complexity index is 607. The second kappa shape index (κ2) is 5.36. The molecule has 0 spiro atoms. The highest BCUT2D eigenvalue weighted by Crippen LogP contribution is 2.20. The lowest BCUT2D eigenvalue weighted by Gasteiger charge is -2.14. The lowest BCUT2D eigenvalue weighted by Crippen LogP contribution is -2.33. The molecule has 0 radical (unpaired) electrons. The topological polar surface area (TPSA) is 72.7 Å². The van der Waals surface area contributed by atoms with Crippen molar-refractivity contribution in [3.8, 4) is 5.69 Å². The molecule has 1 aromatic carbocycles. The van der Waals surface area contributed by atoms with E-state index in [0.29, 0.717) is 5.69 Å². The third-order valence-electron chi connectivity index (χ3n) is 3.49. The van der Waals surface area contributed by atoms with Crippen LogP contribution in [-0.4, -0.2) is 32.2 Å². The third kappa shape index (κ3) is 2.52. The van der Waals surface area contributed by atoms with Crippen LogP contribution >= 0.6 is 0 Å². The van der Waals surface area contributed by atoms with E-state index in [-0.39, 0.29) is 17.5 Å². The predicted octanol–water partition coefficient (Wildman–Crippen LogP) is 1.47. The van der Waals surface area contributed by atoms with Gasteiger partial charge in [0.1, 0.15) is 12.1 Å². The average Bonchev–Trinajstić information content (AvgIpc) is 3.11. The molecule has 20 heavy (non-hydrogen) atoms. The molecule has 2 aromatic rings. The van der Waals surface area contributed by atoms with Crippen molar-refractivity contribution in [2.75, 3.05) is 0 Å². The Hall–Kier alpha value is -2.31. The first-order valence-corrected chi connectivity index (χ1v) is 6.58. The molecule has 1 amide bonds. The maximum absolute atomic E-state index is 13.4. The molecule has 1 aliphatic rings. The van der Waals surface area contributed by atoms with Gasteiger partial charge >= 0.3 is 0 Å². The zero-order valence-electron chi connectivity index (χ0n) is 10.8. The molecule has 1 N–H and O–H groups in total. The average molecular weight is 275 g/mol. The molecule has 0 aliphatic heterocycles. The van der Waals surface area contributed by atoms with E-state index in [2.05, 4.69) is 20.8 Å². The van der Waals surface area contributed by atoms with Crippen molar-refractivity contribution in [3.05, 3.63) is 35.9 Å². The second-order valence-corrected chi connectivity index (χ2v) is 4.87. The molecule has 1 fully saturated rings. The van der Waals surface area contributed by atoms with Crippen LogP contribution in [0.5, 0.6) is 0 Å². The Labute approximate surface area is 115 Å². The molecule has 1 heterocycles. The van der Waals surface area contributed by atoms with E-state index < -0.39 is 5.82 Å². The molecule has 0 unspecified atom stereocenters. The maximum atomic E-state index is 13.4. The van der Waals surface area contributed by atoms with E-state index >= 15 is 0 Å². The van der Waals surface area contributed by atoms with Crippen molar-refractivity contribution in [3.63, 3.8) is 0 Å². The van der Waals surface area contributed by atoms with Gasteiger partial charge in [0.15, 0.2) is 0 Å². The Morgan fingerprint density at radius 3 is 2.85 bits per heavy atom. The normalized spacial score (nSPS) is 15.4. The van der Waals surface area contributed by atoms with Gasteiger partial charge in [0, 0.05) is 6.04 Å². The number of aromatic nitrogens is 4. The highest BCUT2D eigenvalue weighted by atomic mass is 19.1. The highest BCUT2D eigenvalue weighted by Gasteiger charge is 2.21. The predicted molar refractivity (Wildman–Crippen MR) is 68.8 cm³/mol. The summed E-state index contributed by atoms with van der Waals surface area (Å²) in [5, 5.41) is 13.7. The molecule has 1 aliphatic carbocycles. The first-order valence-electron chi connectivity index (χ1n) is 6.58. The first kappa shape index (κ1) is 12.7. The Morgan fingerprint density at radius 1 is 1.35 bits per heavy atom. The number of carbonyl (C=O) groups excluding carboxylic acids is 1. The number of nitrogens with one attached hydrogen (secondary N) is 1. The Morgan fingerprint density at radius 2 is 2.15 bits per heavy atom. The number of rotatable bonds is 3. The Kier molecular flexibility index (Phi) is 3.41. The van der Waals surface area contributed by atoms with E-state index in [1.54, 1.807) is 0 Å². The van der Waals surface area contributed by atoms with Crippen molar-refractivity contribution in [2.24, 2.45) is 0 Å². The minimum atomic E-state index is -0.460. The highest BCUT2D eigenvalue weighted by molar-refractivity contribution is 5.97. The summed E-state index contributed by atoms with van der Waals surface area (Å²) in [5.41, 5.74) is 0.705. The fraction of sp³-hybridized carbons (Fsp3) is 0.385. The number of amides is 1. The molecule has 0 bridgehead atoms. The molecule has 0 atom stereocenters. The minimum Gasteiger partial charge on any atom is -0.349 e. The van der Waals surface area contributed by atoms with Crippen LogP contribution in [0.3, 0.4) is 0 Å². The smallest absolute Gasteiger partial charge is 0.253 e. The van der Waals surface area contributed by atoms with Crippen molar-refractivity contribution in [1.29, 1.82) is 0 Å². The molecular weight excluding hydrogens is 261 g/mol. The van der Waals surface area contributed by atoms with Gasteiger partial charge in [-0.2, -0.15) is 4.68 Å². The number of carbonyl (C=O) groups is 1. The van der Waals surface area contributed by atoms with Gasteiger partial charge in [-0.1, -0.05) is 12.8 Å². The molecule has 3 rings (SSSR count). The zero-order valence-corrected chi connectivity index (χ0v) is 10.8. The van der Waals surface area contributed by atoms with E-state index in [1.807, 2.05) is 0 Å². The molecule has 7 heteroatoms. The fourth-order valence-corrected chi connectivity index (χ4v) is 2.49. The SMILES string of the molecule is O=C(NC1CCCC1)c1cc(F)ccc1-n1cnnn1. The lowest BCUT2D eigenvalue weighted by atomic mass is 10.1. The quantitative estimate of drug-likeness (QED) is 0.920. The van der Waals surface area contributed by atoms with E-state index in [1.165, 1.54) is 29.2 Å². The first-order chi connectivity index (χ1) is 9.74. The van der Waals surface area contributed by atoms with Gasteiger partial charge in [0.05, 0.1) is 11.3 Å². The Balaban J connectivity index is 1.90. The number of hydrogen-bond acceptors (Lipinski definition) is 4. The summed E-state index contributed by atoms with van der Waals surface area (Å²) in [5.74, 6) is -0.750. The van der Waals surface area contributed by atoms with Crippen LogP contribution in [0, 0.1) is 5.82 Å². The largest absolute Gasteiger partial charge is 0.349 e. The molecule has 1 aromatic heterocycles. The number of halogens is 1. The van der Waals surface area contributed by atoms with E-state index in [9.17, 15) is 9.18 Å². The number of tetrazole rings is 1. The van der Waals surface area contributed by atoms with Crippen LogP contribution in [-0.2, 0) is 0 Å². The van der Waals surface area contributed by atoms with Crippen LogP contribution in [0.1, 0.15) is 36.0 Å². The molecule has 6 nitrogen and oxygen atoms in total. The summed E-state index contributed by atoms with van der Waals surface area (Å²) >= 11 is 0. The fourth-order valence-electron chi connectivity index (χ4n) is 2.49. The van der Waals surface area contributed by atoms with Crippen molar-refractivity contribution in [2.45, 2.75) is 31.7 Å². The van der Waals surface area contributed by atoms with Crippen LogP contribution in [0.4, 0.5) is 4.39 Å². The maximum Gasteiger partial charge on any atom is 0.253 e. The standard InChI is InChI=1S/C13H14FN5O/c14-9-5-6-12(19-8-15-17-18-19)11(7-9)13(20)16-10-3-1-2-4-10/h5-8,10H,1-4H2,(H,16,20). The summed E-state index contributed by atoms with van der Waals surface area (Å²) in [6.07, 6.45) is 5.56. The van der Waals surface area contributed by atoms with Crippen LogP contribution in [0.2, 0.25) is 0 Å². The summed E-state index contributed by atoms with van der Waals surface area (Å²) in [6, 6.07) is 4.16. The van der Waals surface area contributed by atoms with Gasteiger partial charge < -0.3 is 5.32 Å². The lowest BCUT2D eigenvalue weighted by molar-refractivity contribution is 0.0937. The molecule has 104 valence electrons. The third-order valence-corrected chi connectivity index (χ3v) is 3.49. The zero-order chi connectivity index (χ0) is 13.9. The van der Waals surface area contributed by atoms with Gasteiger partial charge in [0.25, 0.3) is 5.91 Å². The van der Waals surface area contributed by atoms with Gasteiger partial charge in [-0.15, -0.1) is 5.10 Å². The van der Waals surface area contributed by atoms with E-state index in [0.717, 1.165) is 25.7 Å². The number of hydrogen-bond donors (Lipinski definition) is 1. The summed E-state index contributed by atoms with van der Waals surface area (Å²) in [6.45, 7) is 0.